The summed E-state index contributed by atoms with van der Waals surface area (Å²) < 4.78 is 0. The lowest BCUT2D eigenvalue weighted by atomic mass is 10.2. The summed E-state index contributed by atoms with van der Waals surface area (Å²) in [5.74, 6) is -0.482. The molecule has 0 aromatic carbocycles. The van der Waals surface area contributed by atoms with Crippen LogP contribution in [0.25, 0.3) is 0 Å². The SMILES string of the molecule is Cc1nc(Cl)ccc1NC(=O)c1ccc[nH]c1=O. The largest absolute Gasteiger partial charge is 0.328 e. The molecule has 0 aliphatic heterocycles. The highest BCUT2D eigenvalue weighted by molar-refractivity contribution is 6.29. The Morgan fingerprint density at radius 3 is 2.83 bits per heavy atom. The average Bonchev–Trinajstić information content (AvgIpc) is 2.33. The number of H-pyrrole nitrogens is 1. The maximum atomic E-state index is 11.9. The molecule has 2 heterocycles. The van der Waals surface area contributed by atoms with Crippen LogP contribution in [0, 0.1) is 6.92 Å². The summed E-state index contributed by atoms with van der Waals surface area (Å²) in [7, 11) is 0. The number of carbonyl (C=O) groups is 1. The number of halogens is 1. The lowest BCUT2D eigenvalue weighted by Gasteiger charge is -2.07. The zero-order valence-electron chi connectivity index (χ0n) is 9.53. The van der Waals surface area contributed by atoms with Crippen LogP contribution in [0.3, 0.4) is 0 Å². The fraction of sp³-hybridized carbons (Fsp3) is 0.0833. The fourth-order valence-corrected chi connectivity index (χ4v) is 1.64. The highest BCUT2D eigenvalue weighted by atomic mass is 35.5. The van der Waals surface area contributed by atoms with E-state index in [1.165, 1.54) is 12.3 Å². The molecule has 6 heteroatoms. The van der Waals surface area contributed by atoms with E-state index in [-0.39, 0.29) is 5.56 Å². The summed E-state index contributed by atoms with van der Waals surface area (Å²) in [6.45, 7) is 1.72. The van der Waals surface area contributed by atoms with Crippen LogP contribution in [0.1, 0.15) is 16.1 Å². The van der Waals surface area contributed by atoms with E-state index in [9.17, 15) is 9.59 Å². The predicted octanol–water partition coefficient (Wildman–Crippen LogP) is 1.98. The lowest BCUT2D eigenvalue weighted by molar-refractivity contribution is 0.102. The van der Waals surface area contributed by atoms with E-state index in [2.05, 4.69) is 15.3 Å². The molecule has 0 saturated carbocycles. The Kier molecular flexibility index (Phi) is 3.43. The number of amides is 1. The van der Waals surface area contributed by atoms with E-state index in [0.717, 1.165) is 0 Å². The Labute approximate surface area is 108 Å². The van der Waals surface area contributed by atoms with Crippen LogP contribution < -0.4 is 10.9 Å². The molecule has 1 amide bonds. The van der Waals surface area contributed by atoms with Gasteiger partial charge in [-0.15, -0.1) is 0 Å². The van der Waals surface area contributed by atoms with Crippen LogP contribution in [0.5, 0.6) is 0 Å². The Hall–Kier alpha value is -2.14. The van der Waals surface area contributed by atoms with Crippen LogP contribution in [0.15, 0.2) is 35.3 Å². The van der Waals surface area contributed by atoms with Gasteiger partial charge in [0.25, 0.3) is 11.5 Å². The lowest BCUT2D eigenvalue weighted by Crippen LogP contribution is -2.22. The first kappa shape index (κ1) is 12.3. The highest BCUT2D eigenvalue weighted by Gasteiger charge is 2.11. The van der Waals surface area contributed by atoms with Gasteiger partial charge in [-0.05, 0) is 31.2 Å². The van der Waals surface area contributed by atoms with Crippen molar-refractivity contribution < 1.29 is 4.79 Å². The van der Waals surface area contributed by atoms with Gasteiger partial charge in [-0.25, -0.2) is 4.98 Å². The minimum Gasteiger partial charge on any atom is -0.328 e. The summed E-state index contributed by atoms with van der Waals surface area (Å²) in [5, 5.41) is 2.96. The van der Waals surface area contributed by atoms with Gasteiger partial charge in [0.15, 0.2) is 0 Å². The molecule has 2 N–H and O–H groups in total. The number of anilines is 1. The molecule has 0 fully saturated rings. The van der Waals surface area contributed by atoms with E-state index >= 15 is 0 Å². The normalized spacial score (nSPS) is 10.1. The molecule has 0 atom stereocenters. The van der Waals surface area contributed by atoms with Gasteiger partial charge in [0.05, 0.1) is 11.4 Å². The van der Waals surface area contributed by atoms with Crippen LogP contribution in [0.2, 0.25) is 5.15 Å². The molecule has 0 aliphatic rings. The standard InChI is InChI=1S/C12H10ClN3O2/c1-7-9(4-5-10(13)15-7)16-12(18)8-3-2-6-14-11(8)17/h2-6H,1H3,(H,14,17)(H,16,18). The highest BCUT2D eigenvalue weighted by Crippen LogP contribution is 2.16. The number of nitrogens with zero attached hydrogens (tertiary/aromatic N) is 1. The second-order valence-corrected chi connectivity index (χ2v) is 4.02. The van der Waals surface area contributed by atoms with Gasteiger partial charge in [0, 0.05) is 6.20 Å². The van der Waals surface area contributed by atoms with Gasteiger partial charge in [0.1, 0.15) is 10.7 Å². The van der Waals surface area contributed by atoms with Gasteiger partial charge in [-0.1, -0.05) is 11.6 Å². The average molecular weight is 264 g/mol. The molecular formula is C12H10ClN3O2. The molecule has 0 saturated heterocycles. The maximum Gasteiger partial charge on any atom is 0.261 e. The molecule has 0 unspecified atom stereocenters. The second-order valence-electron chi connectivity index (χ2n) is 3.63. The minimum atomic E-state index is -0.482. The van der Waals surface area contributed by atoms with Gasteiger partial charge in [-0.3, -0.25) is 9.59 Å². The van der Waals surface area contributed by atoms with Gasteiger partial charge in [-0.2, -0.15) is 0 Å². The fourth-order valence-electron chi connectivity index (χ4n) is 1.45. The Bertz CT molecular complexity index is 652. The number of hydrogen-bond donors (Lipinski definition) is 2. The van der Waals surface area contributed by atoms with E-state index in [0.29, 0.717) is 16.5 Å². The molecule has 0 radical (unpaired) electrons. The second kappa shape index (κ2) is 5.01. The monoisotopic (exact) mass is 263 g/mol. The quantitative estimate of drug-likeness (QED) is 0.814. The van der Waals surface area contributed by atoms with Crippen molar-refractivity contribution in [2.24, 2.45) is 0 Å². The van der Waals surface area contributed by atoms with Crippen molar-refractivity contribution in [2.75, 3.05) is 5.32 Å². The predicted molar refractivity (Wildman–Crippen MR) is 69.0 cm³/mol. The molecule has 0 bridgehead atoms. The molecular weight excluding hydrogens is 254 g/mol. The number of aromatic amines is 1. The van der Waals surface area contributed by atoms with E-state index < -0.39 is 11.5 Å². The summed E-state index contributed by atoms with van der Waals surface area (Å²) >= 11 is 5.72. The number of aryl methyl sites for hydroxylation is 1. The molecule has 0 aliphatic carbocycles. The van der Waals surface area contributed by atoms with E-state index in [1.807, 2.05) is 0 Å². The van der Waals surface area contributed by atoms with Crippen molar-refractivity contribution in [3.05, 3.63) is 57.2 Å². The molecule has 2 aromatic rings. The van der Waals surface area contributed by atoms with Crippen molar-refractivity contribution in [1.29, 1.82) is 0 Å². The third kappa shape index (κ3) is 2.57. The van der Waals surface area contributed by atoms with Crippen molar-refractivity contribution >= 4 is 23.2 Å². The molecule has 2 rings (SSSR count). The van der Waals surface area contributed by atoms with Crippen molar-refractivity contribution in [2.45, 2.75) is 6.92 Å². The van der Waals surface area contributed by atoms with Gasteiger partial charge < -0.3 is 10.3 Å². The van der Waals surface area contributed by atoms with Crippen LogP contribution >= 0.6 is 11.6 Å². The third-order valence-electron chi connectivity index (χ3n) is 2.36. The van der Waals surface area contributed by atoms with Crippen molar-refractivity contribution in [3.8, 4) is 0 Å². The molecule has 5 nitrogen and oxygen atoms in total. The third-order valence-corrected chi connectivity index (χ3v) is 2.57. The summed E-state index contributed by atoms with van der Waals surface area (Å²) in [6, 6.07) is 6.25. The van der Waals surface area contributed by atoms with Gasteiger partial charge >= 0.3 is 0 Å². The number of nitrogens with one attached hydrogen (secondary N) is 2. The first-order chi connectivity index (χ1) is 8.58. The first-order valence-electron chi connectivity index (χ1n) is 5.20. The molecule has 2 aromatic heterocycles. The van der Waals surface area contributed by atoms with Crippen molar-refractivity contribution in [1.82, 2.24) is 9.97 Å². The summed E-state index contributed by atoms with van der Waals surface area (Å²) in [6.07, 6.45) is 1.47. The van der Waals surface area contributed by atoms with Crippen LogP contribution in [-0.2, 0) is 0 Å². The van der Waals surface area contributed by atoms with E-state index in [1.54, 1.807) is 25.1 Å². The number of pyridine rings is 2. The number of aromatic nitrogens is 2. The molecule has 18 heavy (non-hydrogen) atoms. The Morgan fingerprint density at radius 1 is 1.39 bits per heavy atom. The number of rotatable bonds is 2. The van der Waals surface area contributed by atoms with Crippen LogP contribution in [-0.4, -0.2) is 15.9 Å². The molecule has 92 valence electrons. The van der Waals surface area contributed by atoms with Gasteiger partial charge in [0.2, 0.25) is 0 Å². The Balaban J connectivity index is 2.27. The zero-order chi connectivity index (χ0) is 13.1. The maximum absolute atomic E-state index is 11.9. The van der Waals surface area contributed by atoms with Crippen LogP contribution in [0.4, 0.5) is 5.69 Å². The first-order valence-corrected chi connectivity index (χ1v) is 5.58. The summed E-state index contributed by atoms with van der Waals surface area (Å²) in [4.78, 5) is 29.8. The zero-order valence-corrected chi connectivity index (χ0v) is 10.3. The number of hydrogen-bond acceptors (Lipinski definition) is 3. The summed E-state index contributed by atoms with van der Waals surface area (Å²) in [5.41, 5.74) is 0.720. The Morgan fingerprint density at radius 2 is 2.17 bits per heavy atom. The number of carbonyl (C=O) groups excluding carboxylic acids is 1. The smallest absolute Gasteiger partial charge is 0.261 e. The van der Waals surface area contributed by atoms with E-state index in [4.69, 9.17) is 11.6 Å². The minimum absolute atomic E-state index is 0.0480. The topological polar surface area (TPSA) is 74.8 Å². The van der Waals surface area contributed by atoms with Crippen molar-refractivity contribution in [3.63, 3.8) is 0 Å². The molecule has 0 spiro atoms.